The average molecular weight is 196 g/mol. The van der Waals surface area contributed by atoms with E-state index in [4.69, 9.17) is 0 Å². The standard InChI is InChI=1S/C10H13FN2O/c1-3-7-6-8(11)4-5-9(7)13-10(14)12-2/h4-6H,3H2,1-2H3,(H2,12,13,14). The molecular weight excluding hydrogens is 183 g/mol. The number of amides is 2. The molecule has 1 aromatic carbocycles. The lowest BCUT2D eigenvalue weighted by atomic mass is 10.1. The third-order valence-corrected chi connectivity index (χ3v) is 1.92. The maximum atomic E-state index is 12.8. The summed E-state index contributed by atoms with van der Waals surface area (Å²) in [5, 5.41) is 5.06. The fourth-order valence-electron chi connectivity index (χ4n) is 1.16. The summed E-state index contributed by atoms with van der Waals surface area (Å²) < 4.78 is 12.8. The van der Waals surface area contributed by atoms with E-state index in [0.717, 1.165) is 5.56 Å². The number of carbonyl (C=O) groups is 1. The van der Waals surface area contributed by atoms with Crippen molar-refractivity contribution < 1.29 is 9.18 Å². The zero-order valence-corrected chi connectivity index (χ0v) is 8.23. The van der Waals surface area contributed by atoms with Crippen LogP contribution in [0, 0.1) is 5.82 Å². The normalized spacial score (nSPS) is 9.64. The molecule has 0 aromatic heterocycles. The van der Waals surface area contributed by atoms with Crippen molar-refractivity contribution in [2.24, 2.45) is 0 Å². The van der Waals surface area contributed by atoms with E-state index in [0.29, 0.717) is 12.1 Å². The first-order chi connectivity index (χ1) is 6.67. The lowest BCUT2D eigenvalue weighted by Crippen LogP contribution is -2.25. The second-order valence-electron chi connectivity index (χ2n) is 2.86. The predicted octanol–water partition coefficient (Wildman–Crippen LogP) is 2.14. The molecule has 14 heavy (non-hydrogen) atoms. The van der Waals surface area contributed by atoms with Crippen LogP contribution in [-0.4, -0.2) is 13.1 Å². The number of aryl methyl sites for hydroxylation is 1. The van der Waals surface area contributed by atoms with E-state index in [1.807, 2.05) is 6.92 Å². The molecular formula is C10H13FN2O. The van der Waals surface area contributed by atoms with Gasteiger partial charge in [-0.15, -0.1) is 0 Å². The van der Waals surface area contributed by atoms with Gasteiger partial charge in [0.05, 0.1) is 0 Å². The van der Waals surface area contributed by atoms with Gasteiger partial charge < -0.3 is 10.6 Å². The van der Waals surface area contributed by atoms with E-state index in [-0.39, 0.29) is 11.8 Å². The van der Waals surface area contributed by atoms with E-state index in [1.165, 1.54) is 19.2 Å². The van der Waals surface area contributed by atoms with Gasteiger partial charge in [-0.2, -0.15) is 0 Å². The Kier molecular flexibility index (Phi) is 3.45. The van der Waals surface area contributed by atoms with E-state index in [1.54, 1.807) is 6.07 Å². The zero-order chi connectivity index (χ0) is 10.6. The minimum atomic E-state index is -0.300. The highest BCUT2D eigenvalue weighted by Crippen LogP contribution is 2.17. The molecule has 2 amide bonds. The molecule has 0 aliphatic heterocycles. The van der Waals surface area contributed by atoms with Gasteiger partial charge in [0.1, 0.15) is 5.82 Å². The van der Waals surface area contributed by atoms with Crippen LogP contribution in [0.3, 0.4) is 0 Å². The fourth-order valence-corrected chi connectivity index (χ4v) is 1.16. The molecule has 0 spiro atoms. The van der Waals surface area contributed by atoms with Crippen LogP contribution in [0.1, 0.15) is 12.5 Å². The van der Waals surface area contributed by atoms with Crippen LogP contribution in [0.4, 0.5) is 14.9 Å². The SMILES string of the molecule is CCc1cc(F)ccc1NC(=O)NC. The monoisotopic (exact) mass is 196 g/mol. The largest absolute Gasteiger partial charge is 0.341 e. The Morgan fingerprint density at radius 1 is 1.50 bits per heavy atom. The molecule has 3 nitrogen and oxygen atoms in total. The van der Waals surface area contributed by atoms with Crippen LogP contribution in [0.25, 0.3) is 0 Å². The number of benzene rings is 1. The van der Waals surface area contributed by atoms with Gasteiger partial charge in [0, 0.05) is 12.7 Å². The molecule has 1 aromatic rings. The molecule has 0 radical (unpaired) electrons. The molecule has 0 aliphatic rings. The maximum Gasteiger partial charge on any atom is 0.318 e. The summed E-state index contributed by atoms with van der Waals surface area (Å²) in [5.74, 6) is -0.288. The van der Waals surface area contributed by atoms with Crippen molar-refractivity contribution in [3.8, 4) is 0 Å². The van der Waals surface area contributed by atoms with Crippen LogP contribution in [-0.2, 0) is 6.42 Å². The summed E-state index contributed by atoms with van der Waals surface area (Å²) in [6.07, 6.45) is 0.678. The van der Waals surface area contributed by atoms with Crippen molar-refractivity contribution >= 4 is 11.7 Å². The van der Waals surface area contributed by atoms with E-state index >= 15 is 0 Å². The van der Waals surface area contributed by atoms with Crippen molar-refractivity contribution in [3.63, 3.8) is 0 Å². The summed E-state index contributed by atoms with van der Waals surface area (Å²) in [4.78, 5) is 11.0. The van der Waals surface area contributed by atoms with Crippen LogP contribution >= 0.6 is 0 Å². The van der Waals surface area contributed by atoms with E-state index < -0.39 is 0 Å². The predicted molar refractivity (Wildman–Crippen MR) is 53.9 cm³/mol. The summed E-state index contributed by atoms with van der Waals surface area (Å²) in [6, 6.07) is 4.00. The van der Waals surface area contributed by atoms with Gasteiger partial charge in [-0.05, 0) is 30.2 Å². The summed E-state index contributed by atoms with van der Waals surface area (Å²) in [7, 11) is 1.53. The summed E-state index contributed by atoms with van der Waals surface area (Å²) in [5.41, 5.74) is 1.43. The topological polar surface area (TPSA) is 41.1 Å². The van der Waals surface area contributed by atoms with Crippen LogP contribution in [0.15, 0.2) is 18.2 Å². The number of anilines is 1. The third-order valence-electron chi connectivity index (χ3n) is 1.92. The van der Waals surface area contributed by atoms with Crippen molar-refractivity contribution in [2.75, 3.05) is 12.4 Å². The Bertz CT molecular complexity index is 339. The van der Waals surface area contributed by atoms with Gasteiger partial charge >= 0.3 is 6.03 Å². The quantitative estimate of drug-likeness (QED) is 0.747. The Morgan fingerprint density at radius 2 is 2.21 bits per heavy atom. The van der Waals surface area contributed by atoms with Crippen LogP contribution in [0.2, 0.25) is 0 Å². The summed E-state index contributed by atoms with van der Waals surface area (Å²) in [6.45, 7) is 1.91. The Morgan fingerprint density at radius 3 is 2.79 bits per heavy atom. The van der Waals surface area contributed by atoms with E-state index in [2.05, 4.69) is 10.6 Å². The number of halogens is 1. The molecule has 0 saturated carbocycles. The molecule has 0 bridgehead atoms. The van der Waals surface area contributed by atoms with Crippen molar-refractivity contribution in [2.45, 2.75) is 13.3 Å². The number of carbonyl (C=O) groups excluding carboxylic acids is 1. The second-order valence-corrected chi connectivity index (χ2v) is 2.86. The minimum Gasteiger partial charge on any atom is -0.341 e. The van der Waals surface area contributed by atoms with Gasteiger partial charge in [0.15, 0.2) is 0 Å². The van der Waals surface area contributed by atoms with Gasteiger partial charge in [0.2, 0.25) is 0 Å². The number of urea groups is 1. The number of rotatable bonds is 2. The fraction of sp³-hybridized carbons (Fsp3) is 0.300. The first-order valence-electron chi connectivity index (χ1n) is 4.44. The lowest BCUT2D eigenvalue weighted by Gasteiger charge is -2.09. The molecule has 4 heteroatoms. The smallest absolute Gasteiger partial charge is 0.318 e. The first-order valence-corrected chi connectivity index (χ1v) is 4.44. The molecule has 0 heterocycles. The van der Waals surface area contributed by atoms with Crippen LogP contribution < -0.4 is 10.6 Å². The second kappa shape index (κ2) is 4.60. The average Bonchev–Trinajstić information content (AvgIpc) is 2.20. The maximum absolute atomic E-state index is 12.8. The highest BCUT2D eigenvalue weighted by molar-refractivity contribution is 5.89. The molecule has 0 aliphatic carbocycles. The van der Waals surface area contributed by atoms with Gasteiger partial charge in [-0.25, -0.2) is 9.18 Å². The number of hydrogen-bond donors (Lipinski definition) is 2. The Labute approximate surface area is 82.3 Å². The van der Waals surface area contributed by atoms with Crippen molar-refractivity contribution in [3.05, 3.63) is 29.6 Å². The van der Waals surface area contributed by atoms with E-state index in [9.17, 15) is 9.18 Å². The highest BCUT2D eigenvalue weighted by Gasteiger charge is 2.04. The molecule has 0 atom stereocenters. The van der Waals surface area contributed by atoms with Gasteiger partial charge in [-0.3, -0.25) is 0 Å². The molecule has 76 valence electrons. The Balaban J connectivity index is 2.90. The molecule has 2 N–H and O–H groups in total. The Hall–Kier alpha value is -1.58. The number of hydrogen-bond acceptors (Lipinski definition) is 1. The molecule has 0 fully saturated rings. The van der Waals surface area contributed by atoms with Gasteiger partial charge in [0.25, 0.3) is 0 Å². The lowest BCUT2D eigenvalue weighted by molar-refractivity contribution is 0.254. The highest BCUT2D eigenvalue weighted by atomic mass is 19.1. The molecule has 0 saturated heterocycles. The molecule has 1 rings (SSSR count). The third kappa shape index (κ3) is 2.45. The molecule has 0 unspecified atom stereocenters. The summed E-state index contributed by atoms with van der Waals surface area (Å²) >= 11 is 0. The van der Waals surface area contributed by atoms with Gasteiger partial charge in [-0.1, -0.05) is 6.92 Å². The first kappa shape index (κ1) is 10.5. The van der Waals surface area contributed by atoms with Crippen LogP contribution in [0.5, 0.6) is 0 Å². The minimum absolute atomic E-state index is 0.288. The van der Waals surface area contributed by atoms with Crippen molar-refractivity contribution in [1.82, 2.24) is 5.32 Å². The zero-order valence-electron chi connectivity index (χ0n) is 8.23. The van der Waals surface area contributed by atoms with Crippen molar-refractivity contribution in [1.29, 1.82) is 0 Å². The number of nitrogens with one attached hydrogen (secondary N) is 2.